The summed E-state index contributed by atoms with van der Waals surface area (Å²) in [5.41, 5.74) is 0.668. The van der Waals surface area contributed by atoms with Crippen molar-refractivity contribution in [1.29, 1.82) is 0 Å². The number of rotatable bonds is 3. The normalized spacial score (nSPS) is 36.1. The second kappa shape index (κ2) is 7.89. The highest BCUT2D eigenvalue weighted by Gasteiger charge is 2.74. The van der Waals surface area contributed by atoms with Gasteiger partial charge in [0, 0.05) is 22.0 Å². The molecule has 4 aliphatic rings. The summed E-state index contributed by atoms with van der Waals surface area (Å²) in [4.78, 5) is 44.2. The molecule has 0 bridgehead atoms. The number of thioether (sulfide) groups is 1. The van der Waals surface area contributed by atoms with Crippen LogP contribution in [-0.4, -0.2) is 69.1 Å². The zero-order valence-electron chi connectivity index (χ0n) is 18.3. The number of aliphatic hydroxyl groups is 1. The van der Waals surface area contributed by atoms with E-state index >= 15 is 0 Å². The van der Waals surface area contributed by atoms with Crippen LogP contribution in [0.1, 0.15) is 13.8 Å². The topological polar surface area (TPSA) is 87.2 Å². The van der Waals surface area contributed by atoms with Crippen LogP contribution in [0.2, 0.25) is 5.02 Å². The average molecular weight is 489 g/mol. The maximum atomic E-state index is 14.1. The molecule has 33 heavy (non-hydrogen) atoms. The van der Waals surface area contributed by atoms with Crippen LogP contribution in [0.3, 0.4) is 0 Å². The molecule has 0 saturated carbocycles. The monoisotopic (exact) mass is 488 g/mol. The molecule has 9 heteroatoms. The molecule has 5 rings (SSSR count). The molecule has 1 aromatic carbocycles. The van der Waals surface area contributed by atoms with Gasteiger partial charge in [-0.15, -0.1) is 11.8 Å². The number of benzene rings is 1. The van der Waals surface area contributed by atoms with E-state index in [2.05, 4.69) is 0 Å². The van der Waals surface area contributed by atoms with Gasteiger partial charge in [0.2, 0.25) is 5.91 Å². The van der Waals surface area contributed by atoms with Gasteiger partial charge in [0.15, 0.2) is 0 Å². The van der Waals surface area contributed by atoms with Gasteiger partial charge in [-0.3, -0.25) is 14.4 Å². The van der Waals surface area contributed by atoms with Crippen molar-refractivity contribution < 1.29 is 24.2 Å². The summed E-state index contributed by atoms with van der Waals surface area (Å²) in [6.45, 7) is 3.85. The first-order valence-electron chi connectivity index (χ1n) is 11.0. The van der Waals surface area contributed by atoms with Crippen LogP contribution >= 0.6 is 23.4 Å². The number of nitrogens with zero attached hydrogens (tertiary/aromatic N) is 2. The molecule has 0 radical (unpaired) electrons. The van der Waals surface area contributed by atoms with E-state index in [1.54, 1.807) is 42.2 Å². The van der Waals surface area contributed by atoms with Crippen LogP contribution in [-0.2, 0) is 19.1 Å². The number of ether oxygens (including phenoxy) is 1. The van der Waals surface area contributed by atoms with E-state index in [-0.39, 0.29) is 25.0 Å². The molecule has 6 atom stereocenters. The molecule has 1 aromatic rings. The first kappa shape index (κ1) is 22.5. The number of carbonyl (C=O) groups excluding carboxylic acids is 3. The van der Waals surface area contributed by atoms with Crippen molar-refractivity contribution in [2.75, 3.05) is 24.7 Å². The number of carbonyl (C=O) groups is 3. The van der Waals surface area contributed by atoms with E-state index in [1.165, 1.54) is 16.7 Å². The van der Waals surface area contributed by atoms with Gasteiger partial charge in [0.1, 0.15) is 12.6 Å². The number of anilines is 1. The molecule has 1 unspecified atom stereocenters. The van der Waals surface area contributed by atoms with Gasteiger partial charge < -0.3 is 19.6 Å². The minimum Gasteiger partial charge on any atom is -0.461 e. The third-order valence-electron chi connectivity index (χ3n) is 7.13. The number of aliphatic hydroxyl groups excluding tert-OH is 1. The summed E-state index contributed by atoms with van der Waals surface area (Å²) >= 11 is 7.52. The van der Waals surface area contributed by atoms with Gasteiger partial charge in [-0.25, -0.2) is 0 Å². The largest absolute Gasteiger partial charge is 0.461 e. The molecule has 2 saturated heterocycles. The van der Waals surface area contributed by atoms with Gasteiger partial charge >= 0.3 is 5.97 Å². The van der Waals surface area contributed by atoms with Crippen molar-refractivity contribution in [2.24, 2.45) is 11.8 Å². The standard InChI is InChI=1S/C24H25ClN2O5S/c1-14(13-28)27-19-21(30)26(16-7-5-15(25)6-8-16)11-3-10-24(19)17(20(27)29)18-22(31)32-12-4-9-23(18,2)33-24/h3-10,14,17-19,28H,11-13H2,1-2H3/t14-,17+,18-,19?,23+,24+/m1/s1. The maximum Gasteiger partial charge on any atom is 0.311 e. The molecule has 0 aromatic heterocycles. The summed E-state index contributed by atoms with van der Waals surface area (Å²) in [5, 5.41) is 10.5. The molecule has 7 nitrogen and oxygen atoms in total. The van der Waals surface area contributed by atoms with E-state index in [4.69, 9.17) is 16.3 Å². The summed E-state index contributed by atoms with van der Waals surface area (Å²) in [5.74, 6) is -2.48. The third-order valence-corrected chi connectivity index (χ3v) is 9.18. The quantitative estimate of drug-likeness (QED) is 0.519. The summed E-state index contributed by atoms with van der Waals surface area (Å²) in [6.07, 6.45) is 7.57. The zero-order valence-corrected chi connectivity index (χ0v) is 19.9. The van der Waals surface area contributed by atoms with Crippen molar-refractivity contribution in [3.8, 4) is 0 Å². The van der Waals surface area contributed by atoms with Gasteiger partial charge in [-0.2, -0.15) is 0 Å². The van der Waals surface area contributed by atoms with Crippen LogP contribution in [0.5, 0.6) is 0 Å². The SMILES string of the molecule is C[C@H](CO)N1C(=O)[C@@H]2[C@@H]3C(=O)OCC=C[C@]3(C)S[C@@]23C=CCN(c2ccc(Cl)cc2)C(=O)C13. The van der Waals surface area contributed by atoms with Crippen molar-refractivity contribution in [3.05, 3.63) is 53.6 Å². The molecule has 2 amide bonds. The molecule has 1 N–H and O–H groups in total. The highest BCUT2D eigenvalue weighted by atomic mass is 35.5. The van der Waals surface area contributed by atoms with E-state index < -0.39 is 39.4 Å². The fourth-order valence-electron chi connectivity index (χ4n) is 5.71. The van der Waals surface area contributed by atoms with Gasteiger partial charge in [-0.1, -0.05) is 29.8 Å². The van der Waals surface area contributed by atoms with Crippen LogP contribution in [0.15, 0.2) is 48.6 Å². The van der Waals surface area contributed by atoms with Crippen LogP contribution < -0.4 is 4.90 Å². The van der Waals surface area contributed by atoms with Crippen molar-refractivity contribution in [1.82, 2.24) is 4.90 Å². The Morgan fingerprint density at radius 1 is 1.15 bits per heavy atom. The molecule has 2 fully saturated rings. The number of halogens is 1. The fourth-order valence-corrected chi connectivity index (χ4v) is 7.98. The first-order chi connectivity index (χ1) is 15.7. The molecule has 4 heterocycles. The van der Waals surface area contributed by atoms with E-state index in [0.29, 0.717) is 17.3 Å². The number of likely N-dealkylation sites (tertiary alicyclic amines) is 1. The van der Waals surface area contributed by atoms with Crippen molar-refractivity contribution in [3.63, 3.8) is 0 Å². The van der Waals surface area contributed by atoms with Gasteiger partial charge in [0.05, 0.1) is 29.2 Å². The molecule has 4 aliphatic heterocycles. The lowest BCUT2D eigenvalue weighted by atomic mass is 9.75. The Hall–Kier alpha value is -2.29. The maximum absolute atomic E-state index is 14.1. The number of cyclic esters (lactones) is 1. The number of hydrogen-bond donors (Lipinski definition) is 1. The van der Waals surface area contributed by atoms with Crippen molar-refractivity contribution in [2.45, 2.75) is 35.4 Å². The Labute approximate surface area is 201 Å². The van der Waals surface area contributed by atoms with Crippen LogP contribution in [0.25, 0.3) is 0 Å². The zero-order chi connectivity index (χ0) is 23.5. The summed E-state index contributed by atoms with van der Waals surface area (Å²) in [6, 6.07) is 5.52. The number of amides is 2. The van der Waals surface area contributed by atoms with Crippen LogP contribution in [0.4, 0.5) is 5.69 Å². The second-order valence-electron chi connectivity index (χ2n) is 9.13. The fraction of sp³-hybridized carbons (Fsp3) is 0.458. The molecule has 1 spiro atoms. The Morgan fingerprint density at radius 3 is 2.58 bits per heavy atom. The molecular formula is C24H25ClN2O5S. The smallest absolute Gasteiger partial charge is 0.311 e. The van der Waals surface area contributed by atoms with Gasteiger partial charge in [-0.05, 0) is 44.2 Å². The Bertz CT molecular complexity index is 1080. The highest BCUT2D eigenvalue weighted by molar-refractivity contribution is 8.02. The summed E-state index contributed by atoms with van der Waals surface area (Å²) < 4.78 is 3.75. The first-order valence-corrected chi connectivity index (χ1v) is 12.1. The van der Waals surface area contributed by atoms with Gasteiger partial charge in [0.25, 0.3) is 5.91 Å². The lowest BCUT2D eigenvalue weighted by Crippen LogP contribution is -2.56. The Morgan fingerprint density at radius 2 is 1.88 bits per heavy atom. The van der Waals surface area contributed by atoms with Crippen LogP contribution in [0, 0.1) is 11.8 Å². The molecular weight excluding hydrogens is 464 g/mol. The van der Waals surface area contributed by atoms with E-state index in [0.717, 1.165) is 0 Å². The molecule has 174 valence electrons. The minimum absolute atomic E-state index is 0.165. The lowest BCUT2D eigenvalue weighted by molar-refractivity contribution is -0.153. The Kier molecular flexibility index (Phi) is 5.38. The minimum atomic E-state index is -0.959. The number of esters is 1. The highest BCUT2D eigenvalue weighted by Crippen LogP contribution is 2.65. The van der Waals surface area contributed by atoms with E-state index in [9.17, 15) is 19.5 Å². The molecule has 0 aliphatic carbocycles. The van der Waals surface area contributed by atoms with Crippen molar-refractivity contribution >= 4 is 46.8 Å². The lowest BCUT2D eigenvalue weighted by Gasteiger charge is -2.38. The summed E-state index contributed by atoms with van der Waals surface area (Å²) in [7, 11) is 0. The Balaban J connectivity index is 1.67. The second-order valence-corrected chi connectivity index (χ2v) is 11.4. The number of hydrogen-bond acceptors (Lipinski definition) is 6. The third kappa shape index (κ3) is 3.18. The average Bonchev–Trinajstić information content (AvgIpc) is 3.05. The van der Waals surface area contributed by atoms with E-state index in [1.807, 2.05) is 25.2 Å². The number of fused-ring (bicyclic) bond motifs is 2. The predicted octanol–water partition coefficient (Wildman–Crippen LogP) is 2.42. The predicted molar refractivity (Wildman–Crippen MR) is 126 cm³/mol.